The zero-order valence-electron chi connectivity index (χ0n) is 13.2. The van der Waals surface area contributed by atoms with Crippen LogP contribution in [0.4, 0.5) is 0 Å². The molecule has 1 N–H and O–H groups in total. The molecule has 0 radical (unpaired) electrons. The van der Waals surface area contributed by atoms with Crippen molar-refractivity contribution in [3.63, 3.8) is 0 Å². The molecular formula is C17H33N2S+. The number of H-pyrrole nitrogens is 1. The van der Waals surface area contributed by atoms with Gasteiger partial charge in [-0.1, -0.05) is 51.9 Å². The third-order valence-electron chi connectivity index (χ3n) is 3.99. The maximum Gasteiger partial charge on any atom is 0.253 e. The molecule has 3 heteroatoms. The Balaban J connectivity index is 1.85. The normalized spacial score (nSPS) is 11.1. The predicted octanol–water partition coefficient (Wildman–Crippen LogP) is 4.70. The molecule has 0 aromatic carbocycles. The summed E-state index contributed by atoms with van der Waals surface area (Å²) in [6.45, 7) is 3.38. The lowest BCUT2D eigenvalue weighted by Gasteiger charge is -2.02. The monoisotopic (exact) mass is 297 g/mol. The Kier molecular flexibility index (Phi) is 10.8. The first kappa shape index (κ1) is 17.6. The minimum absolute atomic E-state index is 1.05. The van der Waals surface area contributed by atoms with Gasteiger partial charge in [0, 0.05) is 6.42 Å². The zero-order valence-corrected chi connectivity index (χ0v) is 14.1. The maximum absolute atomic E-state index is 4.24. The van der Waals surface area contributed by atoms with Crippen LogP contribution in [-0.4, -0.2) is 10.7 Å². The van der Waals surface area contributed by atoms with Gasteiger partial charge < -0.3 is 0 Å². The second-order valence-corrected chi connectivity index (χ2v) is 6.16. The molecule has 1 heterocycles. The van der Waals surface area contributed by atoms with Gasteiger partial charge in [-0.15, -0.1) is 0 Å². The summed E-state index contributed by atoms with van der Waals surface area (Å²) < 4.78 is 2.36. The molecule has 1 aromatic rings. The first-order chi connectivity index (χ1) is 9.88. The van der Waals surface area contributed by atoms with Crippen molar-refractivity contribution >= 4 is 12.6 Å². The Hall–Kier alpha value is -0.440. The third kappa shape index (κ3) is 7.98. The van der Waals surface area contributed by atoms with Gasteiger partial charge in [0.05, 0.1) is 6.54 Å². The highest BCUT2D eigenvalue weighted by Crippen LogP contribution is 2.10. The molecule has 0 atom stereocenters. The van der Waals surface area contributed by atoms with Gasteiger partial charge in [-0.3, -0.25) is 0 Å². The number of imidazole rings is 1. The number of thiol groups is 1. The van der Waals surface area contributed by atoms with E-state index >= 15 is 0 Å². The molecule has 1 rings (SSSR count). The number of hydrogen-bond acceptors (Lipinski definition) is 1. The second-order valence-electron chi connectivity index (χ2n) is 5.71. The van der Waals surface area contributed by atoms with Gasteiger partial charge >= 0.3 is 0 Å². The summed E-state index contributed by atoms with van der Waals surface area (Å²) in [7, 11) is 0. The largest absolute Gasteiger partial charge is 0.253 e. The van der Waals surface area contributed by atoms with Gasteiger partial charge in [0.15, 0.2) is 0 Å². The SMILES string of the molecule is CCc1[nH]cc[n+]1CCCCCCCCCCCCS. The summed E-state index contributed by atoms with van der Waals surface area (Å²) in [6.07, 6.45) is 19.2. The van der Waals surface area contributed by atoms with Crippen molar-refractivity contribution in [3.05, 3.63) is 18.2 Å². The smallest absolute Gasteiger partial charge is 0.248 e. The summed E-state index contributed by atoms with van der Waals surface area (Å²) in [4.78, 5) is 3.30. The molecule has 0 bridgehead atoms. The van der Waals surface area contributed by atoms with Crippen LogP contribution in [0.3, 0.4) is 0 Å². The van der Waals surface area contributed by atoms with E-state index in [0.29, 0.717) is 0 Å². The van der Waals surface area contributed by atoms with Crippen molar-refractivity contribution in [1.82, 2.24) is 4.98 Å². The number of rotatable bonds is 13. The van der Waals surface area contributed by atoms with Crippen LogP contribution in [0.2, 0.25) is 0 Å². The molecule has 0 aliphatic rings. The van der Waals surface area contributed by atoms with Crippen molar-refractivity contribution in [2.45, 2.75) is 84.1 Å². The standard InChI is InChI=1S/C17H32N2S/c1-2-17-18-13-15-19(17)14-11-9-7-5-3-4-6-8-10-12-16-20/h13,15,20H,2-12,14,16H2,1H3/p+1. The molecule has 0 fully saturated rings. The van der Waals surface area contributed by atoms with Crippen LogP contribution in [0.1, 0.15) is 77.0 Å². The quantitative estimate of drug-likeness (QED) is 0.299. The van der Waals surface area contributed by atoms with Crippen LogP contribution in [0, 0.1) is 0 Å². The number of aryl methyl sites for hydroxylation is 2. The van der Waals surface area contributed by atoms with Crippen LogP contribution < -0.4 is 4.57 Å². The molecule has 0 aliphatic carbocycles. The minimum Gasteiger partial charge on any atom is -0.248 e. The average molecular weight is 298 g/mol. The maximum atomic E-state index is 4.24. The number of aromatic amines is 1. The zero-order chi connectivity index (χ0) is 14.5. The minimum atomic E-state index is 1.05. The predicted molar refractivity (Wildman–Crippen MR) is 90.4 cm³/mol. The Morgan fingerprint density at radius 1 is 0.900 bits per heavy atom. The lowest BCUT2D eigenvalue weighted by Crippen LogP contribution is -2.35. The second kappa shape index (κ2) is 12.3. The van der Waals surface area contributed by atoms with Gasteiger partial charge in [-0.25, -0.2) is 9.55 Å². The van der Waals surface area contributed by atoms with Crippen molar-refractivity contribution in [1.29, 1.82) is 0 Å². The Morgan fingerprint density at radius 3 is 2.00 bits per heavy atom. The molecule has 0 saturated carbocycles. The van der Waals surface area contributed by atoms with Crippen LogP contribution >= 0.6 is 12.6 Å². The molecule has 0 amide bonds. The summed E-state index contributed by atoms with van der Waals surface area (Å²) in [5, 5.41) is 0. The van der Waals surface area contributed by atoms with Gasteiger partial charge in [0.1, 0.15) is 12.4 Å². The topological polar surface area (TPSA) is 19.7 Å². The first-order valence-electron chi connectivity index (χ1n) is 8.55. The molecular weight excluding hydrogens is 264 g/mol. The molecule has 20 heavy (non-hydrogen) atoms. The highest BCUT2D eigenvalue weighted by molar-refractivity contribution is 7.80. The van der Waals surface area contributed by atoms with Crippen LogP contribution in [-0.2, 0) is 13.0 Å². The molecule has 1 aromatic heterocycles. The van der Waals surface area contributed by atoms with Gasteiger partial charge in [0.2, 0.25) is 0 Å². The van der Waals surface area contributed by atoms with E-state index in [1.165, 1.54) is 76.6 Å². The number of nitrogens with zero attached hydrogens (tertiary/aromatic N) is 1. The van der Waals surface area contributed by atoms with Gasteiger partial charge in [-0.05, 0) is 25.0 Å². The summed E-state index contributed by atoms with van der Waals surface area (Å²) in [5.41, 5.74) is 0. The first-order valence-corrected chi connectivity index (χ1v) is 9.18. The summed E-state index contributed by atoms with van der Waals surface area (Å²) >= 11 is 4.24. The van der Waals surface area contributed by atoms with E-state index < -0.39 is 0 Å². The number of aromatic nitrogens is 2. The van der Waals surface area contributed by atoms with E-state index in [1.54, 1.807) is 0 Å². The summed E-state index contributed by atoms with van der Waals surface area (Å²) in [6, 6.07) is 0. The van der Waals surface area contributed by atoms with Gasteiger partial charge in [0.25, 0.3) is 5.82 Å². The highest BCUT2D eigenvalue weighted by atomic mass is 32.1. The van der Waals surface area contributed by atoms with E-state index in [1.807, 2.05) is 6.20 Å². The van der Waals surface area contributed by atoms with E-state index in [4.69, 9.17) is 0 Å². The van der Waals surface area contributed by atoms with Crippen molar-refractivity contribution < 1.29 is 4.57 Å². The molecule has 0 spiro atoms. The fourth-order valence-electron chi connectivity index (χ4n) is 2.72. The lowest BCUT2D eigenvalue weighted by atomic mass is 10.1. The van der Waals surface area contributed by atoms with Crippen molar-refractivity contribution in [2.24, 2.45) is 0 Å². The van der Waals surface area contributed by atoms with E-state index in [-0.39, 0.29) is 0 Å². The fourth-order valence-corrected chi connectivity index (χ4v) is 2.94. The fraction of sp³-hybridized carbons (Fsp3) is 0.824. The molecule has 2 nitrogen and oxygen atoms in total. The lowest BCUT2D eigenvalue weighted by molar-refractivity contribution is -0.703. The van der Waals surface area contributed by atoms with E-state index in [9.17, 15) is 0 Å². The van der Waals surface area contributed by atoms with Gasteiger partial charge in [-0.2, -0.15) is 12.6 Å². The van der Waals surface area contributed by atoms with Crippen molar-refractivity contribution in [3.8, 4) is 0 Å². The van der Waals surface area contributed by atoms with Crippen molar-refractivity contribution in [2.75, 3.05) is 5.75 Å². The molecule has 116 valence electrons. The Labute approximate surface area is 130 Å². The van der Waals surface area contributed by atoms with Crippen LogP contribution in [0.25, 0.3) is 0 Å². The van der Waals surface area contributed by atoms with Crippen LogP contribution in [0.5, 0.6) is 0 Å². The number of hydrogen-bond donors (Lipinski definition) is 2. The van der Waals surface area contributed by atoms with E-state index in [0.717, 1.165) is 12.2 Å². The Bertz CT molecular complexity index is 323. The third-order valence-corrected chi connectivity index (χ3v) is 4.31. The molecule has 0 aliphatic heterocycles. The summed E-state index contributed by atoms with van der Waals surface area (Å²) in [5.74, 6) is 2.41. The van der Waals surface area contributed by atoms with E-state index in [2.05, 4.69) is 35.3 Å². The number of nitrogens with one attached hydrogen (secondary N) is 1. The average Bonchev–Trinajstić information content (AvgIpc) is 2.92. The Morgan fingerprint density at radius 2 is 1.45 bits per heavy atom. The highest BCUT2D eigenvalue weighted by Gasteiger charge is 2.06. The number of unbranched alkanes of at least 4 members (excludes halogenated alkanes) is 9. The van der Waals surface area contributed by atoms with Crippen LogP contribution in [0.15, 0.2) is 12.4 Å². The molecule has 0 unspecified atom stereocenters. The molecule has 0 saturated heterocycles.